The second-order valence-electron chi connectivity index (χ2n) is 4.98. The second kappa shape index (κ2) is 8.26. The maximum absolute atomic E-state index is 11.6. The van der Waals surface area contributed by atoms with Gasteiger partial charge in [-0.25, -0.2) is 0 Å². The molecule has 4 N–H and O–H groups in total. The van der Waals surface area contributed by atoms with Gasteiger partial charge in [0, 0.05) is 0 Å². The lowest BCUT2D eigenvalue weighted by molar-refractivity contribution is -0.125. The molecule has 2 amide bonds. The predicted molar refractivity (Wildman–Crippen MR) is 81.1 cm³/mol. The number of hydrogen-bond acceptors (Lipinski definition) is 4. The molecule has 1 rings (SSSR count). The Morgan fingerprint density at radius 3 is 2.43 bits per heavy atom. The lowest BCUT2D eigenvalue weighted by atomic mass is 10.1. The molecule has 0 radical (unpaired) electrons. The van der Waals surface area contributed by atoms with Crippen LogP contribution in [0.3, 0.4) is 0 Å². The van der Waals surface area contributed by atoms with Crippen molar-refractivity contribution in [1.82, 2.24) is 10.6 Å². The highest BCUT2D eigenvalue weighted by atomic mass is 16.5. The van der Waals surface area contributed by atoms with Gasteiger partial charge in [-0.1, -0.05) is 18.2 Å². The summed E-state index contributed by atoms with van der Waals surface area (Å²) in [6, 6.07) is 5.77. The molecule has 0 aromatic heterocycles. The number of nitrogens with one attached hydrogen (secondary N) is 2. The first-order valence-corrected chi connectivity index (χ1v) is 6.89. The van der Waals surface area contributed by atoms with Crippen LogP contribution in [0.25, 0.3) is 0 Å². The largest absolute Gasteiger partial charge is 0.491 e. The molecule has 1 aromatic carbocycles. The number of carbonyl (C=O) groups is 2. The fourth-order valence-corrected chi connectivity index (χ4v) is 1.85. The lowest BCUT2D eigenvalue weighted by Crippen LogP contribution is -2.44. The van der Waals surface area contributed by atoms with Crippen LogP contribution in [0.4, 0.5) is 0 Å². The number of carbonyl (C=O) groups excluding carboxylic acids is 2. The maximum atomic E-state index is 11.6. The fraction of sp³-hybridized carbons (Fsp3) is 0.467. The van der Waals surface area contributed by atoms with Gasteiger partial charge in [0.2, 0.25) is 11.8 Å². The SMILES string of the molecule is Cc1cccc(C)c1OCC(C)NC(=O)CNC(=O)CN. The van der Waals surface area contributed by atoms with Gasteiger partial charge in [-0.3, -0.25) is 9.59 Å². The van der Waals surface area contributed by atoms with E-state index in [0.717, 1.165) is 16.9 Å². The third kappa shape index (κ3) is 5.83. The van der Waals surface area contributed by atoms with Crippen LogP contribution in [0, 0.1) is 13.8 Å². The molecular weight excluding hydrogens is 270 g/mol. The number of ether oxygens (including phenoxy) is 1. The zero-order valence-corrected chi connectivity index (χ0v) is 12.7. The van der Waals surface area contributed by atoms with E-state index in [9.17, 15) is 9.59 Å². The van der Waals surface area contributed by atoms with Gasteiger partial charge in [-0.15, -0.1) is 0 Å². The van der Waals surface area contributed by atoms with Gasteiger partial charge in [0.05, 0.1) is 19.1 Å². The number of nitrogens with two attached hydrogens (primary N) is 1. The third-order valence-corrected chi connectivity index (χ3v) is 2.93. The minimum Gasteiger partial charge on any atom is -0.491 e. The van der Waals surface area contributed by atoms with E-state index in [1.807, 2.05) is 39.0 Å². The Morgan fingerprint density at radius 1 is 1.24 bits per heavy atom. The molecule has 0 saturated carbocycles. The molecule has 1 unspecified atom stereocenters. The van der Waals surface area contributed by atoms with E-state index >= 15 is 0 Å². The summed E-state index contributed by atoms with van der Waals surface area (Å²) < 4.78 is 5.75. The summed E-state index contributed by atoms with van der Waals surface area (Å²) >= 11 is 0. The molecule has 6 heteroatoms. The minimum absolute atomic E-state index is 0.0796. The Balaban J connectivity index is 2.39. The van der Waals surface area contributed by atoms with Gasteiger partial charge in [-0.2, -0.15) is 0 Å². The fourth-order valence-electron chi connectivity index (χ4n) is 1.85. The van der Waals surface area contributed by atoms with Gasteiger partial charge in [0.25, 0.3) is 0 Å². The van der Waals surface area contributed by atoms with E-state index in [0.29, 0.717) is 6.61 Å². The van der Waals surface area contributed by atoms with Crippen molar-refractivity contribution in [2.75, 3.05) is 19.7 Å². The summed E-state index contributed by atoms with van der Waals surface area (Å²) in [6.45, 7) is 5.96. The molecule has 21 heavy (non-hydrogen) atoms. The highest BCUT2D eigenvalue weighted by molar-refractivity contribution is 5.85. The van der Waals surface area contributed by atoms with E-state index in [2.05, 4.69) is 10.6 Å². The lowest BCUT2D eigenvalue weighted by Gasteiger charge is -2.17. The monoisotopic (exact) mass is 293 g/mol. The smallest absolute Gasteiger partial charge is 0.239 e. The summed E-state index contributed by atoms with van der Waals surface area (Å²) in [4.78, 5) is 22.5. The second-order valence-corrected chi connectivity index (χ2v) is 4.98. The van der Waals surface area contributed by atoms with Crippen molar-refractivity contribution in [1.29, 1.82) is 0 Å². The van der Waals surface area contributed by atoms with Gasteiger partial charge in [0.1, 0.15) is 12.4 Å². The predicted octanol–water partition coefficient (Wildman–Crippen LogP) is 0.262. The number of amides is 2. The molecule has 6 nitrogen and oxygen atoms in total. The zero-order valence-electron chi connectivity index (χ0n) is 12.7. The van der Waals surface area contributed by atoms with Crippen molar-refractivity contribution in [3.05, 3.63) is 29.3 Å². The van der Waals surface area contributed by atoms with Crippen LogP contribution < -0.4 is 21.1 Å². The standard InChI is InChI=1S/C15H23N3O3/c1-10-5-4-6-11(2)15(10)21-9-12(3)18-14(20)8-17-13(19)7-16/h4-6,12H,7-9,16H2,1-3H3,(H,17,19)(H,18,20). The van der Waals surface area contributed by atoms with E-state index in [1.54, 1.807) is 0 Å². The number of para-hydroxylation sites is 1. The molecule has 0 spiro atoms. The van der Waals surface area contributed by atoms with Crippen LogP contribution in [-0.2, 0) is 9.59 Å². The Hall–Kier alpha value is -2.08. The van der Waals surface area contributed by atoms with Crippen molar-refractivity contribution in [3.63, 3.8) is 0 Å². The van der Waals surface area contributed by atoms with Gasteiger partial charge in [0.15, 0.2) is 0 Å². The van der Waals surface area contributed by atoms with Crippen LogP contribution in [-0.4, -0.2) is 37.6 Å². The molecule has 1 atom stereocenters. The highest BCUT2D eigenvalue weighted by Gasteiger charge is 2.10. The Morgan fingerprint density at radius 2 is 1.86 bits per heavy atom. The van der Waals surface area contributed by atoms with Crippen molar-refractivity contribution >= 4 is 11.8 Å². The van der Waals surface area contributed by atoms with Gasteiger partial charge >= 0.3 is 0 Å². The molecule has 0 aliphatic carbocycles. The van der Waals surface area contributed by atoms with Crippen LogP contribution in [0.2, 0.25) is 0 Å². The van der Waals surface area contributed by atoms with E-state index in [-0.39, 0.29) is 30.9 Å². The normalized spacial score (nSPS) is 11.6. The molecule has 0 bridgehead atoms. The number of benzene rings is 1. The van der Waals surface area contributed by atoms with Gasteiger partial charge in [-0.05, 0) is 31.9 Å². The number of hydrogen-bond donors (Lipinski definition) is 3. The highest BCUT2D eigenvalue weighted by Crippen LogP contribution is 2.22. The first-order valence-electron chi connectivity index (χ1n) is 6.89. The van der Waals surface area contributed by atoms with Crippen LogP contribution in [0.1, 0.15) is 18.1 Å². The van der Waals surface area contributed by atoms with E-state index in [1.165, 1.54) is 0 Å². The molecule has 0 fully saturated rings. The summed E-state index contributed by atoms with van der Waals surface area (Å²) in [5, 5.41) is 5.16. The van der Waals surface area contributed by atoms with Crippen molar-refractivity contribution in [2.24, 2.45) is 5.73 Å². The van der Waals surface area contributed by atoms with Crippen molar-refractivity contribution < 1.29 is 14.3 Å². The summed E-state index contributed by atoms with van der Waals surface area (Å²) in [7, 11) is 0. The van der Waals surface area contributed by atoms with Crippen LogP contribution >= 0.6 is 0 Å². The first kappa shape index (κ1) is 17.0. The summed E-state index contributed by atoms with van der Waals surface area (Å²) in [5.41, 5.74) is 7.25. The van der Waals surface area contributed by atoms with Crippen molar-refractivity contribution in [2.45, 2.75) is 26.8 Å². The summed E-state index contributed by atoms with van der Waals surface area (Å²) in [5.74, 6) is 0.217. The third-order valence-electron chi connectivity index (χ3n) is 2.93. The molecule has 0 aliphatic heterocycles. The Labute approximate surface area is 125 Å². The van der Waals surface area contributed by atoms with Crippen molar-refractivity contribution in [3.8, 4) is 5.75 Å². The van der Waals surface area contributed by atoms with Gasteiger partial charge < -0.3 is 21.1 Å². The average Bonchev–Trinajstić information content (AvgIpc) is 2.44. The molecular formula is C15H23N3O3. The Bertz CT molecular complexity index is 483. The Kier molecular flexibility index (Phi) is 6.68. The average molecular weight is 293 g/mol. The topological polar surface area (TPSA) is 93.5 Å². The maximum Gasteiger partial charge on any atom is 0.239 e. The van der Waals surface area contributed by atoms with Crippen LogP contribution in [0.15, 0.2) is 18.2 Å². The first-order chi connectivity index (χ1) is 9.93. The van der Waals surface area contributed by atoms with Crippen LogP contribution in [0.5, 0.6) is 5.75 Å². The minimum atomic E-state index is -0.357. The molecule has 0 aliphatic rings. The number of aryl methyl sites for hydroxylation is 2. The van der Waals surface area contributed by atoms with E-state index < -0.39 is 0 Å². The summed E-state index contributed by atoms with van der Waals surface area (Å²) in [6.07, 6.45) is 0. The molecule has 0 saturated heterocycles. The molecule has 116 valence electrons. The van der Waals surface area contributed by atoms with E-state index in [4.69, 9.17) is 10.5 Å². The molecule has 1 aromatic rings. The quantitative estimate of drug-likeness (QED) is 0.672. The number of rotatable bonds is 7. The molecule has 0 heterocycles. The zero-order chi connectivity index (χ0) is 15.8.